The molecular formula is C19H19N3O3. The van der Waals surface area contributed by atoms with E-state index in [4.69, 9.17) is 4.42 Å². The molecule has 0 unspecified atom stereocenters. The number of nitrogens with one attached hydrogen (secondary N) is 1. The highest BCUT2D eigenvalue weighted by Crippen LogP contribution is 2.33. The molecule has 3 heterocycles. The number of fused-ring (bicyclic) bond motifs is 1. The Labute approximate surface area is 144 Å². The Kier molecular flexibility index (Phi) is 3.87. The van der Waals surface area contributed by atoms with Crippen LogP contribution in [0, 0.1) is 6.92 Å². The maximum atomic E-state index is 13.2. The monoisotopic (exact) mass is 337 g/mol. The summed E-state index contributed by atoms with van der Waals surface area (Å²) < 4.78 is 5.77. The third-order valence-corrected chi connectivity index (χ3v) is 4.75. The van der Waals surface area contributed by atoms with Gasteiger partial charge in [-0.25, -0.2) is 5.10 Å². The smallest absolute Gasteiger partial charge is 0.275 e. The van der Waals surface area contributed by atoms with Crippen molar-refractivity contribution in [3.63, 3.8) is 0 Å². The topological polar surface area (TPSA) is 79.2 Å². The van der Waals surface area contributed by atoms with Crippen molar-refractivity contribution >= 4 is 16.7 Å². The minimum atomic E-state index is -0.288. The predicted molar refractivity (Wildman–Crippen MR) is 93.4 cm³/mol. The number of amides is 1. The maximum absolute atomic E-state index is 13.2. The number of aromatic amines is 1. The fourth-order valence-electron chi connectivity index (χ4n) is 3.52. The minimum Gasteiger partial charge on any atom is -0.464 e. The molecule has 0 saturated carbocycles. The highest BCUT2D eigenvalue weighted by Gasteiger charge is 2.32. The summed E-state index contributed by atoms with van der Waals surface area (Å²) in [5, 5.41) is 7.56. The lowest BCUT2D eigenvalue weighted by Gasteiger charge is -2.34. The van der Waals surface area contributed by atoms with Gasteiger partial charge in [-0.05, 0) is 44.4 Å². The Morgan fingerprint density at radius 2 is 2.00 bits per heavy atom. The molecule has 3 aromatic rings. The zero-order valence-corrected chi connectivity index (χ0v) is 14.0. The lowest BCUT2D eigenvalue weighted by atomic mass is 9.99. The van der Waals surface area contributed by atoms with E-state index in [9.17, 15) is 9.59 Å². The second kappa shape index (κ2) is 6.20. The lowest BCUT2D eigenvalue weighted by Crippen LogP contribution is -2.39. The number of furan rings is 1. The first kappa shape index (κ1) is 15.6. The van der Waals surface area contributed by atoms with Gasteiger partial charge in [0.1, 0.15) is 11.5 Å². The van der Waals surface area contributed by atoms with Crippen LogP contribution in [-0.2, 0) is 0 Å². The van der Waals surface area contributed by atoms with Crippen LogP contribution in [-0.4, -0.2) is 27.5 Å². The van der Waals surface area contributed by atoms with Crippen molar-refractivity contribution < 1.29 is 9.21 Å². The van der Waals surface area contributed by atoms with Crippen LogP contribution >= 0.6 is 0 Å². The van der Waals surface area contributed by atoms with Gasteiger partial charge in [0.25, 0.3) is 11.5 Å². The van der Waals surface area contributed by atoms with Crippen molar-refractivity contribution in [3.05, 3.63) is 64.0 Å². The highest BCUT2D eigenvalue weighted by atomic mass is 16.3. The van der Waals surface area contributed by atoms with E-state index in [0.29, 0.717) is 17.3 Å². The van der Waals surface area contributed by atoms with Crippen LogP contribution < -0.4 is 5.56 Å². The van der Waals surface area contributed by atoms with Crippen LogP contribution in [0.25, 0.3) is 10.8 Å². The Hall–Kier alpha value is -2.89. The minimum absolute atomic E-state index is 0.0950. The fourth-order valence-corrected chi connectivity index (χ4v) is 3.52. The van der Waals surface area contributed by atoms with Gasteiger partial charge in [-0.3, -0.25) is 9.59 Å². The number of aryl methyl sites for hydroxylation is 1. The molecule has 2 aromatic heterocycles. The van der Waals surface area contributed by atoms with Gasteiger partial charge in [-0.15, -0.1) is 0 Å². The number of aromatic nitrogens is 2. The summed E-state index contributed by atoms with van der Waals surface area (Å²) in [6, 6.07) is 10.8. The summed E-state index contributed by atoms with van der Waals surface area (Å²) in [4.78, 5) is 27.0. The first-order valence-electron chi connectivity index (χ1n) is 8.50. The molecular weight excluding hydrogens is 318 g/mol. The van der Waals surface area contributed by atoms with E-state index in [0.717, 1.165) is 30.8 Å². The predicted octanol–water partition coefficient (Wildman–Crippen LogP) is 3.19. The molecule has 1 saturated heterocycles. The van der Waals surface area contributed by atoms with E-state index in [1.54, 1.807) is 18.2 Å². The first-order chi connectivity index (χ1) is 12.1. The van der Waals surface area contributed by atoms with E-state index in [2.05, 4.69) is 10.2 Å². The average molecular weight is 337 g/mol. The van der Waals surface area contributed by atoms with Crippen molar-refractivity contribution in [3.8, 4) is 0 Å². The summed E-state index contributed by atoms with van der Waals surface area (Å²) in [6.45, 7) is 2.55. The van der Waals surface area contributed by atoms with Crippen molar-refractivity contribution in [2.24, 2.45) is 0 Å². The number of hydrogen-bond acceptors (Lipinski definition) is 4. The summed E-state index contributed by atoms with van der Waals surface area (Å²) in [6.07, 6.45) is 2.86. The van der Waals surface area contributed by atoms with Gasteiger partial charge >= 0.3 is 0 Å². The molecule has 6 nitrogen and oxygen atoms in total. The van der Waals surface area contributed by atoms with Gasteiger partial charge in [0.05, 0.1) is 11.4 Å². The van der Waals surface area contributed by atoms with Gasteiger partial charge in [-0.1, -0.05) is 18.2 Å². The standard InChI is InChI=1S/C19H19N3O3/c1-12-9-10-16(25-12)15-8-4-5-11-22(15)19(24)17-13-6-2-3-7-14(13)18(23)21-20-17/h2-3,6-7,9-10,15H,4-5,8,11H2,1H3,(H,21,23)/t15-/m1/s1. The number of likely N-dealkylation sites (tertiary alicyclic amines) is 1. The molecule has 128 valence electrons. The Bertz CT molecular complexity index is 989. The van der Waals surface area contributed by atoms with Crippen LogP contribution in [0.3, 0.4) is 0 Å². The number of H-pyrrole nitrogens is 1. The molecule has 25 heavy (non-hydrogen) atoms. The van der Waals surface area contributed by atoms with E-state index in [1.807, 2.05) is 30.0 Å². The number of carbonyl (C=O) groups is 1. The summed E-state index contributed by atoms with van der Waals surface area (Å²) in [5.74, 6) is 1.46. The maximum Gasteiger partial charge on any atom is 0.275 e. The molecule has 0 bridgehead atoms. The van der Waals surface area contributed by atoms with Crippen LogP contribution in [0.4, 0.5) is 0 Å². The molecule has 1 atom stereocenters. The van der Waals surface area contributed by atoms with Gasteiger partial charge in [0.2, 0.25) is 0 Å². The number of hydrogen-bond donors (Lipinski definition) is 1. The summed E-state index contributed by atoms with van der Waals surface area (Å²) in [7, 11) is 0. The molecule has 1 aliphatic rings. The van der Waals surface area contributed by atoms with Gasteiger partial charge < -0.3 is 9.32 Å². The number of nitrogens with zero attached hydrogens (tertiary/aromatic N) is 2. The molecule has 1 aromatic carbocycles. The number of rotatable bonds is 2. The number of piperidine rings is 1. The van der Waals surface area contributed by atoms with Gasteiger partial charge in [0.15, 0.2) is 5.69 Å². The van der Waals surface area contributed by atoms with Crippen LogP contribution in [0.2, 0.25) is 0 Å². The third kappa shape index (κ3) is 2.73. The lowest BCUT2D eigenvalue weighted by molar-refractivity contribution is 0.0574. The SMILES string of the molecule is Cc1ccc([C@H]2CCCCN2C(=O)c2n[nH]c(=O)c3ccccc23)o1. The summed E-state index contributed by atoms with van der Waals surface area (Å²) in [5.41, 5.74) is -0.00520. The molecule has 4 rings (SSSR count). The van der Waals surface area contributed by atoms with Crippen molar-refractivity contribution in [2.75, 3.05) is 6.54 Å². The fraction of sp³-hybridized carbons (Fsp3) is 0.316. The number of benzene rings is 1. The van der Waals surface area contributed by atoms with Crippen molar-refractivity contribution in [1.29, 1.82) is 0 Å². The van der Waals surface area contributed by atoms with Crippen LogP contribution in [0.15, 0.2) is 45.6 Å². The average Bonchev–Trinajstić information content (AvgIpc) is 3.08. The van der Waals surface area contributed by atoms with Crippen molar-refractivity contribution in [1.82, 2.24) is 15.1 Å². The Morgan fingerprint density at radius 1 is 1.20 bits per heavy atom. The molecule has 1 aliphatic heterocycles. The highest BCUT2D eigenvalue weighted by molar-refractivity contribution is 6.04. The zero-order valence-electron chi connectivity index (χ0n) is 14.0. The molecule has 0 aliphatic carbocycles. The van der Waals surface area contributed by atoms with E-state index in [-0.39, 0.29) is 23.2 Å². The number of carbonyl (C=O) groups excluding carboxylic acids is 1. The van der Waals surface area contributed by atoms with E-state index >= 15 is 0 Å². The molecule has 1 amide bonds. The largest absolute Gasteiger partial charge is 0.464 e. The molecule has 0 radical (unpaired) electrons. The van der Waals surface area contributed by atoms with Gasteiger partial charge in [0, 0.05) is 11.9 Å². The Morgan fingerprint density at radius 3 is 2.76 bits per heavy atom. The quantitative estimate of drug-likeness (QED) is 0.779. The van der Waals surface area contributed by atoms with E-state index in [1.165, 1.54) is 0 Å². The first-order valence-corrected chi connectivity index (χ1v) is 8.50. The molecule has 1 N–H and O–H groups in total. The second-order valence-electron chi connectivity index (χ2n) is 6.41. The third-order valence-electron chi connectivity index (χ3n) is 4.75. The van der Waals surface area contributed by atoms with Gasteiger partial charge in [-0.2, -0.15) is 5.10 Å². The van der Waals surface area contributed by atoms with Crippen LogP contribution in [0.5, 0.6) is 0 Å². The second-order valence-corrected chi connectivity index (χ2v) is 6.41. The normalized spacial score (nSPS) is 17.8. The molecule has 1 fully saturated rings. The zero-order chi connectivity index (χ0) is 17.4. The van der Waals surface area contributed by atoms with Crippen LogP contribution in [0.1, 0.15) is 47.3 Å². The molecule has 0 spiro atoms. The van der Waals surface area contributed by atoms with Crippen molar-refractivity contribution in [2.45, 2.75) is 32.2 Å². The molecule has 6 heteroatoms. The Balaban J connectivity index is 1.77. The summed E-state index contributed by atoms with van der Waals surface area (Å²) >= 11 is 0. The van der Waals surface area contributed by atoms with E-state index < -0.39 is 0 Å².